The molecule has 1 saturated heterocycles. The van der Waals surface area contributed by atoms with Crippen LogP contribution in [0, 0.1) is 5.92 Å². The molecule has 152 valence electrons. The second-order valence-corrected chi connectivity index (χ2v) is 6.81. The number of nitrogens with zero attached hydrogens (tertiary/aromatic N) is 3. The summed E-state index contributed by atoms with van der Waals surface area (Å²) in [6.45, 7) is 8.49. The van der Waals surface area contributed by atoms with Crippen LogP contribution in [0.3, 0.4) is 0 Å². The standard InChI is InChI=1S/C20H28N4O4/c1-4-23-10-12-24(13-11-23)20-21-17(14-6-8-15(27-3)9-7-14)16(18(25)22-20)19(26)28-5-2/h6-9,16-17H,4-5,10-13H2,1-3H3,(H,21,22,25)/t16-,17-/m0/s1. The minimum atomic E-state index is -1.01. The van der Waals surface area contributed by atoms with E-state index in [9.17, 15) is 9.59 Å². The Morgan fingerprint density at radius 3 is 2.43 bits per heavy atom. The number of esters is 1. The lowest BCUT2D eigenvalue weighted by molar-refractivity contribution is -0.153. The lowest BCUT2D eigenvalue weighted by Gasteiger charge is -2.38. The highest BCUT2D eigenvalue weighted by Crippen LogP contribution is 2.32. The fraction of sp³-hybridized carbons (Fsp3) is 0.550. The highest BCUT2D eigenvalue weighted by atomic mass is 16.5. The molecule has 28 heavy (non-hydrogen) atoms. The molecular formula is C20H28N4O4. The molecule has 8 nitrogen and oxygen atoms in total. The van der Waals surface area contributed by atoms with E-state index in [1.54, 1.807) is 26.2 Å². The number of guanidine groups is 1. The Bertz CT molecular complexity index is 726. The SMILES string of the molecule is CCOC(=O)[C@@H]1C(=O)NC(N2CCN(CC)CC2)=N[C@H]1c1ccc(OC)cc1. The normalized spacial score (nSPS) is 23.0. The maximum Gasteiger partial charge on any atom is 0.321 e. The van der Waals surface area contributed by atoms with Crippen molar-refractivity contribution in [2.45, 2.75) is 19.9 Å². The fourth-order valence-electron chi connectivity index (χ4n) is 3.54. The van der Waals surface area contributed by atoms with Gasteiger partial charge < -0.3 is 19.3 Å². The smallest absolute Gasteiger partial charge is 0.321 e. The van der Waals surface area contributed by atoms with Crippen LogP contribution in [-0.2, 0) is 14.3 Å². The molecule has 1 amide bonds. The Labute approximate surface area is 165 Å². The average Bonchev–Trinajstić information content (AvgIpc) is 2.73. The molecule has 2 atom stereocenters. The zero-order valence-electron chi connectivity index (χ0n) is 16.7. The largest absolute Gasteiger partial charge is 0.497 e. The van der Waals surface area contributed by atoms with E-state index in [1.807, 2.05) is 12.1 Å². The number of nitrogens with one attached hydrogen (secondary N) is 1. The highest BCUT2D eigenvalue weighted by molar-refractivity contribution is 6.08. The first-order valence-corrected chi connectivity index (χ1v) is 9.73. The van der Waals surface area contributed by atoms with Crippen LogP contribution in [0.4, 0.5) is 0 Å². The lowest BCUT2D eigenvalue weighted by Crippen LogP contribution is -2.57. The fourth-order valence-corrected chi connectivity index (χ4v) is 3.54. The molecule has 0 spiro atoms. The number of aliphatic imine (C=N–C) groups is 1. The van der Waals surface area contributed by atoms with E-state index in [0.29, 0.717) is 11.7 Å². The van der Waals surface area contributed by atoms with Crippen molar-refractivity contribution in [3.63, 3.8) is 0 Å². The molecule has 8 heteroatoms. The summed E-state index contributed by atoms with van der Waals surface area (Å²) in [4.78, 5) is 34.5. The Hall–Kier alpha value is -2.61. The molecule has 0 aromatic heterocycles. The van der Waals surface area contributed by atoms with Crippen molar-refractivity contribution in [1.29, 1.82) is 0 Å². The van der Waals surface area contributed by atoms with E-state index < -0.39 is 17.9 Å². The second-order valence-electron chi connectivity index (χ2n) is 6.81. The summed E-state index contributed by atoms with van der Waals surface area (Å²) >= 11 is 0. The van der Waals surface area contributed by atoms with Gasteiger partial charge in [-0.05, 0) is 31.2 Å². The van der Waals surface area contributed by atoms with E-state index in [0.717, 1.165) is 38.3 Å². The monoisotopic (exact) mass is 388 g/mol. The Morgan fingerprint density at radius 2 is 1.86 bits per heavy atom. The molecule has 2 aliphatic rings. The number of rotatable bonds is 5. The maximum atomic E-state index is 12.8. The van der Waals surface area contributed by atoms with Gasteiger partial charge in [0.1, 0.15) is 11.8 Å². The number of hydrogen-bond donors (Lipinski definition) is 1. The van der Waals surface area contributed by atoms with Gasteiger partial charge in [0.25, 0.3) is 0 Å². The summed E-state index contributed by atoms with van der Waals surface area (Å²) in [6.07, 6.45) is 0. The lowest BCUT2D eigenvalue weighted by atomic mass is 9.91. The molecule has 2 aliphatic heterocycles. The van der Waals surface area contributed by atoms with E-state index in [4.69, 9.17) is 14.5 Å². The number of likely N-dealkylation sites (N-methyl/N-ethyl adjacent to an activating group) is 1. The van der Waals surface area contributed by atoms with Crippen molar-refractivity contribution in [2.24, 2.45) is 10.9 Å². The summed E-state index contributed by atoms with van der Waals surface area (Å²) in [6, 6.07) is 6.66. The molecule has 0 bridgehead atoms. The Kier molecular flexibility index (Phi) is 6.51. The van der Waals surface area contributed by atoms with E-state index in [1.165, 1.54) is 0 Å². The molecule has 2 heterocycles. The number of amides is 1. The van der Waals surface area contributed by atoms with Crippen molar-refractivity contribution < 1.29 is 19.1 Å². The maximum absolute atomic E-state index is 12.8. The molecular weight excluding hydrogens is 360 g/mol. The first-order valence-electron chi connectivity index (χ1n) is 9.73. The van der Waals surface area contributed by atoms with Crippen LogP contribution in [-0.4, -0.2) is 74.1 Å². The van der Waals surface area contributed by atoms with Crippen LogP contribution < -0.4 is 10.1 Å². The van der Waals surface area contributed by atoms with Gasteiger partial charge in [-0.25, -0.2) is 4.99 Å². The number of methoxy groups -OCH3 is 1. The minimum Gasteiger partial charge on any atom is -0.497 e. The molecule has 0 radical (unpaired) electrons. The third kappa shape index (κ3) is 4.27. The van der Waals surface area contributed by atoms with Crippen molar-refractivity contribution in [3.8, 4) is 5.75 Å². The van der Waals surface area contributed by atoms with Gasteiger partial charge in [-0.2, -0.15) is 0 Å². The third-order valence-corrected chi connectivity index (χ3v) is 5.21. The summed E-state index contributed by atoms with van der Waals surface area (Å²) in [5.74, 6) is -0.700. The predicted molar refractivity (Wildman–Crippen MR) is 105 cm³/mol. The zero-order chi connectivity index (χ0) is 20.1. The molecule has 1 fully saturated rings. The van der Waals surface area contributed by atoms with Crippen LogP contribution >= 0.6 is 0 Å². The van der Waals surface area contributed by atoms with Crippen molar-refractivity contribution in [3.05, 3.63) is 29.8 Å². The zero-order valence-corrected chi connectivity index (χ0v) is 16.7. The number of benzene rings is 1. The predicted octanol–water partition coefficient (Wildman–Crippen LogP) is 1.04. The average molecular weight is 388 g/mol. The molecule has 1 N–H and O–H groups in total. The first-order chi connectivity index (χ1) is 13.6. The second kappa shape index (κ2) is 9.05. The van der Waals surface area contributed by atoms with Crippen LogP contribution in [0.15, 0.2) is 29.3 Å². The van der Waals surface area contributed by atoms with Crippen LogP contribution in [0.5, 0.6) is 5.75 Å². The summed E-state index contributed by atoms with van der Waals surface area (Å²) in [7, 11) is 1.59. The topological polar surface area (TPSA) is 83.5 Å². The van der Waals surface area contributed by atoms with Crippen molar-refractivity contribution in [2.75, 3.05) is 46.4 Å². The van der Waals surface area contributed by atoms with Gasteiger partial charge in [0.15, 0.2) is 5.92 Å². The summed E-state index contributed by atoms with van der Waals surface area (Å²) in [5, 5.41) is 2.82. The summed E-state index contributed by atoms with van der Waals surface area (Å²) < 4.78 is 10.4. The van der Waals surface area contributed by atoms with Gasteiger partial charge in [-0.3, -0.25) is 14.9 Å². The van der Waals surface area contributed by atoms with Gasteiger partial charge in [-0.1, -0.05) is 19.1 Å². The first kappa shape index (κ1) is 20.1. The van der Waals surface area contributed by atoms with Gasteiger partial charge >= 0.3 is 5.97 Å². The molecule has 0 aliphatic carbocycles. The molecule has 1 aromatic carbocycles. The number of carbonyl (C=O) groups excluding carboxylic acids is 2. The van der Waals surface area contributed by atoms with Gasteiger partial charge in [0.05, 0.1) is 13.7 Å². The molecule has 1 aromatic rings. The van der Waals surface area contributed by atoms with Crippen LogP contribution in [0.2, 0.25) is 0 Å². The molecule has 0 saturated carbocycles. The third-order valence-electron chi connectivity index (χ3n) is 5.21. The van der Waals surface area contributed by atoms with E-state index >= 15 is 0 Å². The van der Waals surface area contributed by atoms with Crippen LogP contribution in [0.25, 0.3) is 0 Å². The summed E-state index contributed by atoms with van der Waals surface area (Å²) in [5.41, 5.74) is 0.776. The Morgan fingerprint density at radius 1 is 1.18 bits per heavy atom. The number of piperazine rings is 1. The number of hydrogen-bond acceptors (Lipinski definition) is 7. The number of ether oxygens (including phenoxy) is 2. The molecule has 0 unspecified atom stereocenters. The van der Waals surface area contributed by atoms with Gasteiger partial charge in [0, 0.05) is 26.2 Å². The quantitative estimate of drug-likeness (QED) is 0.599. The highest BCUT2D eigenvalue weighted by Gasteiger charge is 2.42. The number of carbonyl (C=O) groups is 2. The van der Waals surface area contributed by atoms with Crippen molar-refractivity contribution in [1.82, 2.24) is 15.1 Å². The van der Waals surface area contributed by atoms with E-state index in [-0.39, 0.29) is 12.5 Å². The Balaban J connectivity index is 1.90. The minimum absolute atomic E-state index is 0.216. The van der Waals surface area contributed by atoms with Gasteiger partial charge in [0.2, 0.25) is 11.9 Å². The van der Waals surface area contributed by atoms with Gasteiger partial charge in [-0.15, -0.1) is 0 Å². The van der Waals surface area contributed by atoms with E-state index in [2.05, 4.69) is 22.0 Å². The van der Waals surface area contributed by atoms with Crippen LogP contribution in [0.1, 0.15) is 25.5 Å². The van der Waals surface area contributed by atoms with Crippen molar-refractivity contribution >= 4 is 17.8 Å². The molecule has 3 rings (SSSR count).